The predicted octanol–water partition coefficient (Wildman–Crippen LogP) is 3.81. The third kappa shape index (κ3) is 4.47. The molecule has 3 rings (SSSR count). The van der Waals surface area contributed by atoms with Crippen LogP contribution in [0, 0.1) is 5.82 Å². The number of nitrogens with zero attached hydrogens (tertiary/aromatic N) is 2. The van der Waals surface area contributed by atoms with E-state index in [-0.39, 0.29) is 18.0 Å². The summed E-state index contributed by atoms with van der Waals surface area (Å²) in [4.78, 5) is 24.3. The van der Waals surface area contributed by atoms with Gasteiger partial charge in [-0.25, -0.2) is 9.07 Å². The second-order valence-corrected chi connectivity index (χ2v) is 6.52. The number of rotatable bonds is 5. The Morgan fingerprint density at radius 3 is 2.44 bits per heavy atom. The van der Waals surface area contributed by atoms with Crippen molar-refractivity contribution in [3.8, 4) is 11.3 Å². The molecule has 0 radical (unpaired) electrons. The average Bonchev–Trinajstić information content (AvgIpc) is 2.64. The first-order valence-corrected chi connectivity index (χ1v) is 8.67. The second kappa shape index (κ2) is 7.95. The van der Waals surface area contributed by atoms with Crippen molar-refractivity contribution in [3.05, 3.63) is 82.4 Å². The molecule has 1 heterocycles. The summed E-state index contributed by atoms with van der Waals surface area (Å²) in [6.45, 7) is 3.93. The molecule has 1 amide bonds. The van der Waals surface area contributed by atoms with Crippen LogP contribution in [0.25, 0.3) is 11.3 Å². The van der Waals surface area contributed by atoms with Gasteiger partial charge in [-0.1, -0.05) is 38.1 Å². The zero-order valence-electron chi connectivity index (χ0n) is 15.1. The van der Waals surface area contributed by atoms with Gasteiger partial charge in [0.1, 0.15) is 12.4 Å². The Bertz CT molecular complexity index is 1010. The molecular formula is C21H20FN3O2. The van der Waals surface area contributed by atoms with Gasteiger partial charge < -0.3 is 5.32 Å². The smallest absolute Gasteiger partial charge is 0.267 e. The lowest BCUT2D eigenvalue weighted by Crippen LogP contribution is -2.29. The zero-order valence-corrected chi connectivity index (χ0v) is 15.1. The van der Waals surface area contributed by atoms with Gasteiger partial charge in [-0.15, -0.1) is 0 Å². The van der Waals surface area contributed by atoms with E-state index >= 15 is 0 Å². The first-order valence-electron chi connectivity index (χ1n) is 8.67. The van der Waals surface area contributed by atoms with Gasteiger partial charge in [-0.2, -0.15) is 5.10 Å². The van der Waals surface area contributed by atoms with E-state index < -0.39 is 11.4 Å². The molecule has 0 aliphatic carbocycles. The van der Waals surface area contributed by atoms with Crippen LogP contribution in [0.15, 0.2) is 65.5 Å². The standard InChI is InChI=1S/C21H20FN3O2/c1-14(2)15-7-9-16(10-8-15)23-20(26)13-25-21(27)12-11-19(24-25)17-5-3-4-6-18(17)22/h3-12,14H,13H2,1-2H3,(H,23,26). The minimum Gasteiger partial charge on any atom is -0.324 e. The van der Waals surface area contributed by atoms with Crippen LogP contribution < -0.4 is 10.9 Å². The van der Waals surface area contributed by atoms with Gasteiger partial charge in [0, 0.05) is 17.3 Å². The van der Waals surface area contributed by atoms with E-state index in [0.29, 0.717) is 17.3 Å². The summed E-state index contributed by atoms with van der Waals surface area (Å²) in [5.41, 5.74) is 1.95. The summed E-state index contributed by atoms with van der Waals surface area (Å²) in [6, 6.07) is 16.4. The van der Waals surface area contributed by atoms with E-state index in [0.717, 1.165) is 4.68 Å². The summed E-state index contributed by atoms with van der Waals surface area (Å²) in [7, 11) is 0. The summed E-state index contributed by atoms with van der Waals surface area (Å²) in [5.74, 6) is -0.420. The van der Waals surface area contributed by atoms with Gasteiger partial charge in [0.15, 0.2) is 0 Å². The zero-order chi connectivity index (χ0) is 19.4. The molecule has 3 aromatic rings. The second-order valence-electron chi connectivity index (χ2n) is 6.52. The normalized spacial score (nSPS) is 10.8. The van der Waals surface area contributed by atoms with Crippen molar-refractivity contribution in [2.24, 2.45) is 0 Å². The lowest BCUT2D eigenvalue weighted by molar-refractivity contribution is -0.117. The van der Waals surface area contributed by atoms with E-state index in [1.54, 1.807) is 18.2 Å². The number of halogens is 1. The van der Waals surface area contributed by atoms with Crippen LogP contribution in [0.4, 0.5) is 10.1 Å². The summed E-state index contributed by atoms with van der Waals surface area (Å²) < 4.78 is 15.0. The molecule has 0 saturated carbocycles. The molecule has 5 nitrogen and oxygen atoms in total. The Morgan fingerprint density at radius 1 is 1.07 bits per heavy atom. The molecule has 27 heavy (non-hydrogen) atoms. The topological polar surface area (TPSA) is 64.0 Å². The van der Waals surface area contributed by atoms with Crippen LogP contribution in [0.5, 0.6) is 0 Å². The molecule has 6 heteroatoms. The highest BCUT2D eigenvalue weighted by Crippen LogP contribution is 2.19. The fourth-order valence-corrected chi connectivity index (χ4v) is 2.66. The van der Waals surface area contributed by atoms with Gasteiger partial charge >= 0.3 is 0 Å². The number of carbonyl (C=O) groups is 1. The Morgan fingerprint density at radius 2 is 1.78 bits per heavy atom. The lowest BCUT2D eigenvalue weighted by atomic mass is 10.0. The third-order valence-corrected chi connectivity index (χ3v) is 4.17. The monoisotopic (exact) mass is 365 g/mol. The molecule has 0 spiro atoms. The highest BCUT2D eigenvalue weighted by Gasteiger charge is 2.11. The lowest BCUT2D eigenvalue weighted by Gasteiger charge is -2.10. The maximum atomic E-state index is 13.9. The Hall–Kier alpha value is -3.28. The number of carbonyl (C=O) groups excluding carboxylic acids is 1. The van der Waals surface area contributed by atoms with E-state index in [4.69, 9.17) is 0 Å². The Balaban J connectivity index is 1.77. The van der Waals surface area contributed by atoms with Crippen LogP contribution in [0.2, 0.25) is 0 Å². The summed E-state index contributed by atoms with van der Waals surface area (Å²) >= 11 is 0. The van der Waals surface area contributed by atoms with E-state index in [1.807, 2.05) is 24.3 Å². The largest absolute Gasteiger partial charge is 0.324 e. The quantitative estimate of drug-likeness (QED) is 0.748. The van der Waals surface area contributed by atoms with Gasteiger partial charge in [0.25, 0.3) is 5.56 Å². The molecule has 0 bridgehead atoms. The van der Waals surface area contributed by atoms with Crippen molar-refractivity contribution in [3.63, 3.8) is 0 Å². The number of nitrogens with one attached hydrogen (secondary N) is 1. The first-order chi connectivity index (χ1) is 12.9. The maximum absolute atomic E-state index is 13.9. The number of hydrogen-bond acceptors (Lipinski definition) is 3. The van der Waals surface area contributed by atoms with Crippen LogP contribution in [0.3, 0.4) is 0 Å². The number of aromatic nitrogens is 2. The van der Waals surface area contributed by atoms with E-state index in [1.165, 1.54) is 23.8 Å². The molecule has 1 N–H and O–H groups in total. The van der Waals surface area contributed by atoms with Crippen molar-refractivity contribution in [1.82, 2.24) is 9.78 Å². The molecule has 0 unspecified atom stereocenters. The highest BCUT2D eigenvalue weighted by atomic mass is 19.1. The van der Waals surface area contributed by atoms with Gasteiger partial charge in [-0.3, -0.25) is 9.59 Å². The van der Waals surface area contributed by atoms with Crippen LogP contribution >= 0.6 is 0 Å². The van der Waals surface area contributed by atoms with Crippen molar-refractivity contribution in [2.75, 3.05) is 5.32 Å². The summed E-state index contributed by atoms with van der Waals surface area (Å²) in [5, 5.41) is 6.87. The molecule has 2 aromatic carbocycles. The fraction of sp³-hybridized carbons (Fsp3) is 0.190. The molecule has 0 saturated heterocycles. The first kappa shape index (κ1) is 18.5. The van der Waals surface area contributed by atoms with Gasteiger partial charge in [-0.05, 0) is 41.8 Å². The number of anilines is 1. The highest BCUT2D eigenvalue weighted by molar-refractivity contribution is 5.90. The average molecular weight is 365 g/mol. The number of hydrogen-bond donors (Lipinski definition) is 1. The number of benzene rings is 2. The van der Waals surface area contributed by atoms with Crippen molar-refractivity contribution in [1.29, 1.82) is 0 Å². The molecule has 1 aromatic heterocycles. The molecule has 0 atom stereocenters. The minimum atomic E-state index is -0.440. The Kier molecular flexibility index (Phi) is 5.45. The maximum Gasteiger partial charge on any atom is 0.267 e. The van der Waals surface area contributed by atoms with Crippen molar-refractivity contribution >= 4 is 11.6 Å². The van der Waals surface area contributed by atoms with E-state index in [9.17, 15) is 14.0 Å². The van der Waals surface area contributed by atoms with Crippen LogP contribution in [-0.4, -0.2) is 15.7 Å². The van der Waals surface area contributed by atoms with Crippen molar-refractivity contribution < 1.29 is 9.18 Å². The van der Waals surface area contributed by atoms with Gasteiger partial charge in [0.2, 0.25) is 5.91 Å². The minimum absolute atomic E-state index is 0.257. The molecule has 138 valence electrons. The van der Waals surface area contributed by atoms with E-state index in [2.05, 4.69) is 24.3 Å². The molecule has 0 aliphatic rings. The predicted molar refractivity (Wildman–Crippen MR) is 103 cm³/mol. The number of amides is 1. The molecule has 0 fully saturated rings. The third-order valence-electron chi connectivity index (χ3n) is 4.17. The SMILES string of the molecule is CC(C)c1ccc(NC(=O)Cn2nc(-c3ccccc3F)ccc2=O)cc1. The Labute approximate surface area is 156 Å². The van der Waals surface area contributed by atoms with Crippen LogP contribution in [0.1, 0.15) is 25.3 Å². The van der Waals surface area contributed by atoms with Crippen LogP contribution in [-0.2, 0) is 11.3 Å². The van der Waals surface area contributed by atoms with Crippen molar-refractivity contribution in [2.45, 2.75) is 26.3 Å². The fourth-order valence-electron chi connectivity index (χ4n) is 2.66. The molecule has 0 aliphatic heterocycles. The van der Waals surface area contributed by atoms with Gasteiger partial charge in [0.05, 0.1) is 5.69 Å². The summed E-state index contributed by atoms with van der Waals surface area (Å²) in [6.07, 6.45) is 0. The molecular weight excluding hydrogens is 345 g/mol.